The average Bonchev–Trinajstić information content (AvgIpc) is 2.45. The molecule has 0 aliphatic carbocycles. The smallest absolute Gasteiger partial charge is 0.310 e. The molecule has 1 aromatic carbocycles. The molecular formula is C13H15N3O3. The highest BCUT2D eigenvalue weighted by atomic mass is 16.5. The molecule has 100 valence electrons. The summed E-state index contributed by atoms with van der Waals surface area (Å²) in [5.41, 5.74) is 0.947. The Morgan fingerprint density at radius 3 is 2.63 bits per heavy atom. The minimum absolute atomic E-state index is 0.182. The zero-order chi connectivity index (χ0) is 14.1. The largest absolute Gasteiger partial charge is 0.496 e. The highest BCUT2D eigenvalue weighted by Gasteiger charge is 2.11. The van der Waals surface area contributed by atoms with Crippen molar-refractivity contribution in [3.63, 3.8) is 0 Å². The lowest BCUT2D eigenvalue weighted by atomic mass is 10.1. The highest BCUT2D eigenvalue weighted by Crippen LogP contribution is 2.17. The van der Waals surface area contributed by atoms with Gasteiger partial charge < -0.3 is 15.4 Å². The minimum atomic E-state index is -0.804. The van der Waals surface area contributed by atoms with Gasteiger partial charge in [0.25, 0.3) is 0 Å². The summed E-state index contributed by atoms with van der Waals surface area (Å²) in [7, 11) is 1.58. The van der Waals surface area contributed by atoms with Crippen molar-refractivity contribution >= 4 is 11.8 Å². The van der Waals surface area contributed by atoms with E-state index in [9.17, 15) is 9.59 Å². The normalized spacial score (nSPS) is 9.26. The van der Waals surface area contributed by atoms with Crippen LogP contribution < -0.4 is 15.4 Å². The second kappa shape index (κ2) is 7.71. The van der Waals surface area contributed by atoms with E-state index in [0.29, 0.717) is 13.0 Å². The van der Waals surface area contributed by atoms with Crippen molar-refractivity contribution in [2.45, 2.75) is 6.42 Å². The molecule has 0 aromatic heterocycles. The van der Waals surface area contributed by atoms with Crippen LogP contribution in [0.2, 0.25) is 0 Å². The van der Waals surface area contributed by atoms with E-state index in [1.54, 1.807) is 13.2 Å². The van der Waals surface area contributed by atoms with Gasteiger partial charge in [0.15, 0.2) is 0 Å². The number of methoxy groups -OCH3 is 1. The summed E-state index contributed by atoms with van der Waals surface area (Å²) in [6.45, 7) is 0.137. The van der Waals surface area contributed by atoms with Gasteiger partial charge >= 0.3 is 11.8 Å². The maximum Gasteiger partial charge on any atom is 0.310 e. The number of para-hydroxylation sites is 1. The third kappa shape index (κ3) is 4.68. The number of amides is 2. The first-order valence-corrected chi connectivity index (χ1v) is 5.74. The third-order valence-electron chi connectivity index (χ3n) is 2.41. The molecule has 0 fully saturated rings. The molecular weight excluding hydrogens is 246 g/mol. The molecule has 0 bridgehead atoms. The Morgan fingerprint density at radius 1 is 1.26 bits per heavy atom. The number of nitrogens with zero attached hydrogens (tertiary/aromatic N) is 1. The summed E-state index contributed by atoms with van der Waals surface area (Å²) in [6.07, 6.45) is 0.557. The lowest BCUT2D eigenvalue weighted by Gasteiger charge is -2.08. The lowest BCUT2D eigenvalue weighted by Crippen LogP contribution is -2.40. The van der Waals surface area contributed by atoms with Crippen LogP contribution >= 0.6 is 0 Å². The van der Waals surface area contributed by atoms with Crippen LogP contribution in [0.3, 0.4) is 0 Å². The molecule has 0 radical (unpaired) electrons. The van der Waals surface area contributed by atoms with Crippen molar-refractivity contribution in [1.82, 2.24) is 10.6 Å². The number of carbonyl (C=O) groups is 2. The quantitative estimate of drug-likeness (QED) is 0.576. The topological polar surface area (TPSA) is 91.2 Å². The van der Waals surface area contributed by atoms with Crippen LogP contribution in [0.4, 0.5) is 0 Å². The van der Waals surface area contributed by atoms with Gasteiger partial charge in [-0.15, -0.1) is 0 Å². The van der Waals surface area contributed by atoms with Gasteiger partial charge in [-0.2, -0.15) is 5.26 Å². The first kappa shape index (κ1) is 14.5. The SMILES string of the molecule is COc1ccccc1CCNC(=O)C(=O)NCC#N. The lowest BCUT2D eigenvalue weighted by molar-refractivity contribution is -0.139. The Morgan fingerprint density at radius 2 is 1.95 bits per heavy atom. The molecule has 0 aliphatic heterocycles. The summed E-state index contributed by atoms with van der Waals surface area (Å²) in [5.74, 6) is -0.808. The zero-order valence-corrected chi connectivity index (χ0v) is 10.6. The molecule has 2 amide bonds. The molecule has 0 saturated carbocycles. The first-order valence-electron chi connectivity index (χ1n) is 5.74. The minimum Gasteiger partial charge on any atom is -0.496 e. The molecule has 0 unspecified atom stereocenters. The fourth-order valence-electron chi connectivity index (χ4n) is 1.50. The molecule has 0 heterocycles. The van der Waals surface area contributed by atoms with E-state index in [-0.39, 0.29) is 6.54 Å². The summed E-state index contributed by atoms with van der Waals surface area (Å²) in [6, 6.07) is 9.17. The Labute approximate surface area is 111 Å². The predicted octanol–water partition coefficient (Wildman–Crippen LogP) is -0.00632. The van der Waals surface area contributed by atoms with E-state index >= 15 is 0 Å². The van der Waals surface area contributed by atoms with Crippen molar-refractivity contribution in [2.75, 3.05) is 20.2 Å². The Kier molecular flexibility index (Phi) is 5.89. The molecule has 0 saturated heterocycles. The van der Waals surface area contributed by atoms with Crippen LogP contribution in [0.5, 0.6) is 5.75 Å². The molecule has 6 nitrogen and oxygen atoms in total. The maximum absolute atomic E-state index is 11.3. The third-order valence-corrected chi connectivity index (χ3v) is 2.41. The molecule has 0 aliphatic rings. The number of benzene rings is 1. The summed E-state index contributed by atoms with van der Waals surface area (Å²) in [4.78, 5) is 22.5. The van der Waals surface area contributed by atoms with Gasteiger partial charge in [0.1, 0.15) is 12.3 Å². The Balaban J connectivity index is 2.40. The van der Waals surface area contributed by atoms with Crippen molar-refractivity contribution in [3.8, 4) is 11.8 Å². The van der Waals surface area contributed by atoms with Crippen molar-refractivity contribution < 1.29 is 14.3 Å². The van der Waals surface area contributed by atoms with Crippen LogP contribution in [-0.4, -0.2) is 32.0 Å². The fraction of sp³-hybridized carbons (Fsp3) is 0.308. The summed E-state index contributed by atoms with van der Waals surface area (Å²) >= 11 is 0. The first-order chi connectivity index (χ1) is 9.19. The average molecular weight is 261 g/mol. The van der Waals surface area contributed by atoms with Gasteiger partial charge in [-0.05, 0) is 18.1 Å². The number of hydrogen-bond donors (Lipinski definition) is 2. The van der Waals surface area contributed by atoms with E-state index in [1.165, 1.54) is 0 Å². The number of carbonyl (C=O) groups excluding carboxylic acids is 2. The van der Waals surface area contributed by atoms with Crippen molar-refractivity contribution in [2.24, 2.45) is 0 Å². The van der Waals surface area contributed by atoms with E-state index in [0.717, 1.165) is 11.3 Å². The van der Waals surface area contributed by atoms with Gasteiger partial charge in [-0.3, -0.25) is 9.59 Å². The van der Waals surface area contributed by atoms with Crippen LogP contribution in [0, 0.1) is 11.3 Å². The van der Waals surface area contributed by atoms with Crippen LogP contribution in [0.25, 0.3) is 0 Å². The van der Waals surface area contributed by atoms with Gasteiger partial charge in [-0.1, -0.05) is 18.2 Å². The molecule has 19 heavy (non-hydrogen) atoms. The van der Waals surface area contributed by atoms with Crippen LogP contribution in [0.15, 0.2) is 24.3 Å². The summed E-state index contributed by atoms with van der Waals surface area (Å²) in [5, 5.41) is 12.9. The van der Waals surface area contributed by atoms with Gasteiger partial charge in [0.05, 0.1) is 13.2 Å². The predicted molar refractivity (Wildman–Crippen MR) is 68.3 cm³/mol. The van der Waals surface area contributed by atoms with E-state index in [2.05, 4.69) is 10.6 Å². The number of nitrogens with one attached hydrogen (secondary N) is 2. The maximum atomic E-state index is 11.3. The second-order valence-electron chi connectivity index (χ2n) is 3.66. The van der Waals surface area contributed by atoms with Crippen molar-refractivity contribution in [1.29, 1.82) is 5.26 Å². The number of nitriles is 1. The zero-order valence-electron chi connectivity index (χ0n) is 10.6. The van der Waals surface area contributed by atoms with Crippen LogP contribution in [-0.2, 0) is 16.0 Å². The molecule has 0 spiro atoms. The van der Waals surface area contributed by atoms with Crippen molar-refractivity contribution in [3.05, 3.63) is 29.8 Å². The van der Waals surface area contributed by atoms with E-state index < -0.39 is 11.8 Å². The molecule has 2 N–H and O–H groups in total. The Bertz CT molecular complexity index is 494. The molecule has 0 atom stereocenters. The van der Waals surface area contributed by atoms with Crippen LogP contribution in [0.1, 0.15) is 5.56 Å². The van der Waals surface area contributed by atoms with E-state index in [1.807, 2.05) is 24.3 Å². The van der Waals surface area contributed by atoms with Gasteiger partial charge in [0.2, 0.25) is 0 Å². The molecule has 1 aromatic rings. The second-order valence-corrected chi connectivity index (χ2v) is 3.66. The number of hydrogen-bond acceptors (Lipinski definition) is 4. The monoisotopic (exact) mass is 261 g/mol. The fourth-order valence-corrected chi connectivity index (χ4v) is 1.50. The van der Waals surface area contributed by atoms with Gasteiger partial charge in [0, 0.05) is 6.54 Å². The number of rotatable bonds is 5. The van der Waals surface area contributed by atoms with E-state index in [4.69, 9.17) is 10.00 Å². The highest BCUT2D eigenvalue weighted by molar-refractivity contribution is 6.35. The molecule has 1 rings (SSSR count). The molecule has 6 heteroatoms. The number of ether oxygens (including phenoxy) is 1. The summed E-state index contributed by atoms with van der Waals surface area (Å²) < 4.78 is 5.18. The standard InChI is InChI=1S/C13H15N3O3/c1-19-11-5-3-2-4-10(11)6-8-15-12(17)13(18)16-9-7-14/h2-5H,6,8-9H2,1H3,(H,15,17)(H,16,18). The Hall–Kier alpha value is -2.55. The van der Waals surface area contributed by atoms with Gasteiger partial charge in [-0.25, -0.2) is 0 Å².